The zero-order valence-electron chi connectivity index (χ0n) is 16.1. The monoisotopic (exact) mass is 489 g/mol. The molecule has 3 rings (SSSR count). The quantitative estimate of drug-likeness (QED) is 0.379. The molecule has 26 heavy (non-hydrogen) atoms. The third-order valence-electron chi connectivity index (χ3n) is 6.77. The summed E-state index contributed by atoms with van der Waals surface area (Å²) in [6, 6.07) is 10.4. The topological polar surface area (TPSA) is 32.6 Å². The summed E-state index contributed by atoms with van der Waals surface area (Å²) in [7, 11) is 8.31. The number of phenols is 1. The average molecular weight is 492 g/mol. The van der Waals surface area contributed by atoms with Crippen LogP contribution in [-0.4, -0.2) is 25.4 Å². The number of rotatable bonds is 6. The second kappa shape index (κ2) is 10.8. The van der Waals surface area contributed by atoms with Crippen LogP contribution in [0, 0.1) is 11.8 Å². The molecule has 2 fully saturated rings. The van der Waals surface area contributed by atoms with E-state index in [2.05, 4.69) is 32.9 Å². The molecule has 3 unspecified atom stereocenters. The third-order valence-corrected chi connectivity index (χ3v) is 12.4. The van der Waals surface area contributed by atoms with Gasteiger partial charge in [-0.05, 0) is 42.4 Å². The van der Waals surface area contributed by atoms with Crippen LogP contribution in [0.5, 0.6) is 5.75 Å². The number of hydrogen-bond donors (Lipinski definition) is 1. The van der Waals surface area contributed by atoms with Crippen molar-refractivity contribution in [3.8, 4) is 5.75 Å². The Hall–Kier alpha value is 0.370. The first-order valence-corrected chi connectivity index (χ1v) is 18.8. The van der Waals surface area contributed by atoms with E-state index in [4.69, 9.17) is 22.0 Å². The number of aromatic hydroxyl groups is 1. The first kappa shape index (κ1) is 22.7. The van der Waals surface area contributed by atoms with Gasteiger partial charge >= 0.3 is 37.9 Å². The number of fused-ring (bicyclic) bond motifs is 2. The minimum absolute atomic E-state index is 0.502. The van der Waals surface area contributed by atoms with Crippen LogP contribution in [0.25, 0.3) is 0 Å². The summed E-state index contributed by atoms with van der Waals surface area (Å²) in [6.07, 6.45) is 7.38. The molecule has 1 N–H and O–H groups in total. The van der Waals surface area contributed by atoms with Crippen LogP contribution < -0.4 is 5.19 Å². The predicted octanol–water partition coefficient (Wildman–Crippen LogP) is 6.09. The van der Waals surface area contributed by atoms with Crippen molar-refractivity contribution in [1.82, 2.24) is 0 Å². The zero-order valence-corrected chi connectivity index (χ0v) is 21.1. The number of benzene rings is 1. The van der Waals surface area contributed by atoms with Crippen molar-refractivity contribution in [3.05, 3.63) is 23.8 Å². The number of para-hydroxylation sites is 1. The van der Waals surface area contributed by atoms with Gasteiger partial charge in [-0.1, -0.05) is 57.5 Å². The number of halogens is 2. The molecule has 1 aromatic carbocycles. The number of hydrogen-bond acceptors (Lipinski definition) is 2. The van der Waals surface area contributed by atoms with E-state index in [0.29, 0.717) is 11.8 Å². The normalized spacial score (nSPS) is 24.6. The van der Waals surface area contributed by atoms with Gasteiger partial charge in [0.2, 0.25) is 0 Å². The van der Waals surface area contributed by atoms with Crippen LogP contribution in [0.1, 0.15) is 52.0 Å². The van der Waals surface area contributed by atoms with E-state index < -0.39 is 28.9 Å². The molecular formula is C20H31Cl2NOSiZr. The Bertz CT molecular complexity index is 601. The van der Waals surface area contributed by atoms with Crippen molar-refractivity contribution < 1.29 is 26.0 Å². The van der Waals surface area contributed by atoms with Gasteiger partial charge in [-0.15, -0.1) is 0 Å². The van der Waals surface area contributed by atoms with E-state index in [1.807, 2.05) is 12.3 Å². The van der Waals surface area contributed by atoms with Crippen LogP contribution >= 0.6 is 17.0 Å². The standard InChI is InChI=1S/C20H31NOSi.2ClH.Zr/c1-4-23(5-2,6-3)19-9-7-8-17(20(19)22)14-21-18-13-15-10-11-16(18)12-15;;;/h7-9,14-16,18,22H,4-6,10-13H2,1-3H3;2*1H;/q;;;+2/p-2. The maximum absolute atomic E-state index is 10.9. The molecule has 2 nitrogen and oxygen atoms in total. The summed E-state index contributed by atoms with van der Waals surface area (Å²) in [4.78, 5) is 4.87. The van der Waals surface area contributed by atoms with Gasteiger partial charge in [0, 0.05) is 11.8 Å². The Morgan fingerprint density at radius 2 is 1.81 bits per heavy atom. The molecule has 3 atom stereocenters. The number of nitrogens with zero attached hydrogens (tertiary/aromatic N) is 1. The van der Waals surface area contributed by atoms with Crippen LogP contribution in [0.15, 0.2) is 23.2 Å². The molecule has 2 aliphatic carbocycles. The summed E-state index contributed by atoms with van der Waals surface area (Å²) >= 11 is -0.826. The van der Waals surface area contributed by atoms with Crippen LogP contribution in [0.4, 0.5) is 0 Å². The van der Waals surface area contributed by atoms with Crippen LogP contribution in [-0.2, 0) is 20.8 Å². The molecule has 0 radical (unpaired) electrons. The molecule has 0 saturated heterocycles. The Kier molecular flexibility index (Phi) is 9.40. The van der Waals surface area contributed by atoms with E-state index in [1.54, 1.807) is 0 Å². The summed E-state index contributed by atoms with van der Waals surface area (Å²) in [5.74, 6) is 2.23. The average Bonchev–Trinajstić information content (AvgIpc) is 3.27. The first-order chi connectivity index (χ1) is 12.5. The molecule has 144 valence electrons. The van der Waals surface area contributed by atoms with Crippen molar-refractivity contribution >= 4 is 36.5 Å². The molecule has 0 spiro atoms. The van der Waals surface area contributed by atoms with E-state index >= 15 is 0 Å². The first-order valence-electron chi connectivity index (χ1n) is 9.87. The molecule has 6 heteroatoms. The van der Waals surface area contributed by atoms with Crippen molar-refractivity contribution in [3.63, 3.8) is 0 Å². The van der Waals surface area contributed by atoms with Crippen molar-refractivity contribution in [2.24, 2.45) is 16.8 Å². The molecule has 0 aliphatic heterocycles. The minimum atomic E-state index is -1.55. The van der Waals surface area contributed by atoms with Gasteiger partial charge in [0.15, 0.2) is 0 Å². The Labute approximate surface area is 178 Å². The summed E-state index contributed by atoms with van der Waals surface area (Å²) in [5.41, 5.74) is 0.928. The van der Waals surface area contributed by atoms with E-state index in [9.17, 15) is 5.11 Å². The molecule has 0 heterocycles. The van der Waals surface area contributed by atoms with Crippen LogP contribution in [0.2, 0.25) is 18.1 Å². The molecular weight excluding hydrogens is 460 g/mol. The fraction of sp³-hybridized carbons (Fsp3) is 0.650. The summed E-state index contributed by atoms with van der Waals surface area (Å²) < 4.78 is 0. The van der Waals surface area contributed by atoms with Gasteiger partial charge in [0.1, 0.15) is 5.75 Å². The van der Waals surface area contributed by atoms with Crippen molar-refractivity contribution in [2.75, 3.05) is 0 Å². The SMILES string of the molecule is CC[Si](CC)(CC)c1cccc(C=NC2CC3CCC2C3)c1O.[Cl][Zr][Cl]. The van der Waals surface area contributed by atoms with Gasteiger partial charge < -0.3 is 5.11 Å². The van der Waals surface area contributed by atoms with E-state index in [-0.39, 0.29) is 0 Å². The third kappa shape index (κ3) is 5.04. The molecule has 1 aromatic rings. The van der Waals surface area contributed by atoms with Gasteiger partial charge in [-0.3, -0.25) is 4.99 Å². The van der Waals surface area contributed by atoms with Gasteiger partial charge in [0.05, 0.1) is 14.1 Å². The number of aliphatic imine (C=N–C) groups is 1. The fourth-order valence-corrected chi connectivity index (χ4v) is 8.72. The van der Waals surface area contributed by atoms with Gasteiger partial charge in [-0.2, -0.15) is 0 Å². The molecule has 0 amide bonds. The van der Waals surface area contributed by atoms with Gasteiger partial charge in [0.25, 0.3) is 0 Å². The fourth-order valence-electron chi connectivity index (χ4n) is 4.98. The molecule has 2 aliphatic rings. The van der Waals surface area contributed by atoms with E-state index in [1.165, 1.54) is 49.0 Å². The second-order valence-electron chi connectivity index (χ2n) is 7.68. The predicted molar refractivity (Wildman–Crippen MR) is 113 cm³/mol. The molecule has 2 bridgehead atoms. The maximum atomic E-state index is 10.9. The Balaban J connectivity index is 0.000000758. The van der Waals surface area contributed by atoms with Gasteiger partial charge in [-0.25, -0.2) is 0 Å². The zero-order chi connectivity index (χ0) is 19.2. The van der Waals surface area contributed by atoms with Crippen molar-refractivity contribution in [2.45, 2.75) is 70.6 Å². The molecule has 2 saturated carbocycles. The molecule has 0 aromatic heterocycles. The van der Waals surface area contributed by atoms with E-state index in [0.717, 1.165) is 17.4 Å². The Morgan fingerprint density at radius 3 is 2.31 bits per heavy atom. The second-order valence-corrected chi connectivity index (χ2v) is 16.6. The summed E-state index contributed by atoms with van der Waals surface area (Å²) in [6.45, 7) is 6.86. The van der Waals surface area contributed by atoms with Crippen LogP contribution in [0.3, 0.4) is 0 Å². The van der Waals surface area contributed by atoms with Crippen molar-refractivity contribution in [1.29, 1.82) is 0 Å². The summed E-state index contributed by atoms with van der Waals surface area (Å²) in [5, 5.41) is 12.1. The Morgan fingerprint density at radius 1 is 1.15 bits per heavy atom. The number of phenolic OH excluding ortho intramolecular Hbond substituents is 1.